The number of hydrogen-bond donors (Lipinski definition) is 1. The second kappa shape index (κ2) is 6.44. The zero-order valence-corrected chi connectivity index (χ0v) is 23.0. The van der Waals surface area contributed by atoms with Gasteiger partial charge in [-0.1, -0.05) is 46.3 Å². The summed E-state index contributed by atoms with van der Waals surface area (Å²) in [6, 6.07) is 0. The molecule has 2 spiro atoms. The summed E-state index contributed by atoms with van der Waals surface area (Å²) in [6.07, 6.45) is 14.7. The number of aliphatic hydroxyl groups is 1. The third-order valence-electron chi connectivity index (χ3n) is 14.2. The van der Waals surface area contributed by atoms with E-state index in [1.54, 1.807) is 0 Å². The quantitative estimate of drug-likeness (QED) is 0.239. The van der Waals surface area contributed by atoms with E-state index in [1.807, 2.05) is 0 Å². The lowest BCUT2D eigenvalue weighted by atomic mass is 9.35. The summed E-state index contributed by atoms with van der Waals surface area (Å²) in [5.41, 5.74) is 3.14. The molecular weight excluding hydrogens is 536 g/mol. The van der Waals surface area contributed by atoms with E-state index in [0.717, 1.165) is 35.1 Å². The van der Waals surface area contributed by atoms with Crippen LogP contribution in [-0.2, 0) is 18.9 Å². The first-order valence-corrected chi connectivity index (χ1v) is 15.7. The van der Waals surface area contributed by atoms with Crippen molar-refractivity contribution in [3.63, 3.8) is 0 Å². The van der Waals surface area contributed by atoms with Gasteiger partial charge in [0.25, 0.3) is 0 Å². The highest BCUT2D eigenvalue weighted by atomic mass is 16.6. The predicted molar refractivity (Wildman–Crippen MR) is 145 cm³/mol. The Balaban J connectivity index is 1.26. The average molecular weight is 567 g/mol. The average Bonchev–Trinajstić information content (AvgIpc) is 3.94. The van der Waals surface area contributed by atoms with E-state index in [1.165, 1.54) is 18.3 Å². The predicted octanol–water partition coefficient (Wildman–Crippen LogP) is 3.56. The minimum atomic E-state index is -1.24. The van der Waals surface area contributed by atoms with E-state index < -0.39 is 28.6 Å². The summed E-state index contributed by atoms with van der Waals surface area (Å²) in [5, 5.41) is 19.9. The number of epoxide rings is 3. The topological polar surface area (TPSA) is 126 Å². The van der Waals surface area contributed by atoms with Gasteiger partial charge in [-0.3, -0.25) is 0 Å². The van der Waals surface area contributed by atoms with Crippen LogP contribution in [0, 0.1) is 51.2 Å². The molecular formula is C33H30N2O7. The summed E-state index contributed by atoms with van der Waals surface area (Å²) in [5.74, 6) is -0.472. The third kappa shape index (κ3) is 1.98. The van der Waals surface area contributed by atoms with Gasteiger partial charge in [0, 0.05) is 36.4 Å². The van der Waals surface area contributed by atoms with Crippen LogP contribution in [0.1, 0.15) is 25.7 Å². The molecule has 3 heterocycles. The van der Waals surface area contributed by atoms with Crippen molar-refractivity contribution in [1.29, 1.82) is 0 Å². The van der Waals surface area contributed by atoms with E-state index in [0.29, 0.717) is 12.8 Å². The Labute approximate surface area is 241 Å². The minimum absolute atomic E-state index is 0.0119. The Bertz CT molecular complexity index is 1690. The first-order valence-electron chi connectivity index (χ1n) is 15.7. The molecule has 42 heavy (non-hydrogen) atoms. The maximum absolute atomic E-state index is 13.8. The van der Waals surface area contributed by atoms with Gasteiger partial charge < -0.3 is 24.1 Å². The fourth-order valence-electron chi connectivity index (χ4n) is 12.9. The lowest BCUT2D eigenvalue weighted by molar-refractivity contribution is -0.0807. The Morgan fingerprint density at radius 2 is 1.95 bits per heavy atom. The Morgan fingerprint density at radius 3 is 2.79 bits per heavy atom. The third-order valence-corrected chi connectivity index (χ3v) is 14.2. The van der Waals surface area contributed by atoms with E-state index in [9.17, 15) is 14.9 Å². The van der Waals surface area contributed by atoms with Crippen LogP contribution in [0.4, 0.5) is 0 Å². The van der Waals surface area contributed by atoms with E-state index in [2.05, 4.69) is 46.8 Å². The van der Waals surface area contributed by atoms with Crippen molar-refractivity contribution in [1.82, 2.24) is 0 Å². The van der Waals surface area contributed by atoms with Gasteiger partial charge in [0.2, 0.25) is 0 Å². The van der Waals surface area contributed by atoms with Crippen molar-refractivity contribution in [2.45, 2.75) is 78.7 Å². The van der Waals surface area contributed by atoms with Gasteiger partial charge in [0.15, 0.2) is 6.29 Å². The summed E-state index contributed by atoms with van der Waals surface area (Å²) in [6.45, 7) is 0. The molecule has 0 aromatic rings. The van der Waals surface area contributed by atoms with E-state index in [4.69, 9.17) is 18.9 Å². The molecule has 16 unspecified atom stereocenters. The number of ether oxygens (including phenoxy) is 4. The molecule has 214 valence electrons. The molecule has 12 rings (SSSR count). The van der Waals surface area contributed by atoms with Gasteiger partial charge >= 0.3 is 0 Å². The molecule has 0 aromatic heterocycles. The number of allylic oxidation sites excluding steroid dienone is 4. The minimum Gasteiger partial charge on any atom is -0.365 e. The maximum Gasteiger partial charge on any atom is 0.181 e. The molecule has 12 aliphatic rings. The van der Waals surface area contributed by atoms with E-state index in [-0.39, 0.29) is 65.8 Å². The number of hydrogen-bond acceptors (Lipinski definition) is 9. The number of methoxy groups -OCH3 is 1. The van der Waals surface area contributed by atoms with Crippen LogP contribution >= 0.6 is 0 Å². The van der Waals surface area contributed by atoms with Crippen molar-refractivity contribution in [2.75, 3.05) is 7.11 Å². The number of rotatable bonds is 4. The molecule has 16 atom stereocenters. The molecule has 9 nitrogen and oxygen atoms in total. The van der Waals surface area contributed by atoms with Gasteiger partial charge in [0.05, 0.1) is 6.10 Å². The van der Waals surface area contributed by atoms with Crippen molar-refractivity contribution < 1.29 is 24.1 Å². The monoisotopic (exact) mass is 566 g/mol. The maximum atomic E-state index is 13.8. The molecule has 0 amide bonds. The van der Waals surface area contributed by atoms with Crippen molar-refractivity contribution in [3.8, 4) is 0 Å². The fraction of sp³-hybridized carbons (Fsp3) is 0.636. The molecule has 9 heteroatoms. The molecule has 6 fully saturated rings. The molecule has 0 bridgehead atoms. The first kappa shape index (κ1) is 22.9. The van der Waals surface area contributed by atoms with Crippen LogP contribution in [0.2, 0.25) is 0 Å². The second-order valence-electron chi connectivity index (χ2n) is 15.0. The van der Waals surface area contributed by atoms with Gasteiger partial charge in [-0.05, 0) is 71.8 Å². The van der Waals surface area contributed by atoms with Crippen molar-refractivity contribution in [3.05, 3.63) is 79.7 Å². The number of aliphatic hydroxyl groups excluding tert-OH is 1. The molecule has 3 saturated carbocycles. The molecule has 3 aliphatic heterocycles. The van der Waals surface area contributed by atoms with Crippen LogP contribution in [0.5, 0.6) is 0 Å². The van der Waals surface area contributed by atoms with Crippen LogP contribution in [0.25, 0.3) is 0 Å². The summed E-state index contributed by atoms with van der Waals surface area (Å²) < 4.78 is 25.2. The highest BCUT2D eigenvalue weighted by molar-refractivity contribution is 5.69. The fourth-order valence-corrected chi connectivity index (χ4v) is 12.9. The zero-order valence-electron chi connectivity index (χ0n) is 23.0. The molecule has 0 radical (unpaired) electrons. The summed E-state index contributed by atoms with van der Waals surface area (Å²) >= 11 is 0. The Morgan fingerprint density at radius 1 is 1.05 bits per heavy atom. The highest BCUT2D eigenvalue weighted by Crippen LogP contribution is 2.79. The Hall–Kier alpha value is -2.56. The Kier molecular flexibility index (Phi) is 3.51. The first-order chi connectivity index (χ1) is 20.5. The van der Waals surface area contributed by atoms with Crippen molar-refractivity contribution in [2.24, 2.45) is 51.8 Å². The van der Waals surface area contributed by atoms with Crippen LogP contribution in [0.15, 0.2) is 80.2 Å². The van der Waals surface area contributed by atoms with Crippen molar-refractivity contribution >= 4 is 0 Å². The van der Waals surface area contributed by atoms with E-state index >= 15 is 0 Å². The number of nitroso groups, excluding NO2 is 2. The number of nitrogens with zero attached hydrogens (tertiary/aromatic N) is 2. The second-order valence-corrected chi connectivity index (χ2v) is 15.0. The van der Waals surface area contributed by atoms with Gasteiger partial charge in [-0.25, -0.2) is 0 Å². The van der Waals surface area contributed by atoms with Crippen LogP contribution < -0.4 is 0 Å². The standard InChI is InChI=1S/C33H30N2O7/c1-39-29(36)22-20-14-5-8-31-17(41-31)6-9-32-27(31)21(14)19-15(28(32)42-32)3-2-13-11-30(34-37)7-4-12-10-16-26(40-16)23(22)24(12)33(30,35-38)25(20)18(13)19/h2-3,5-6,8-9,12-13,16-18,21,24-29,36H,4,7,10-11H2,1H3. The highest BCUT2D eigenvalue weighted by Gasteiger charge is 2.84. The SMILES string of the molecule is COC(O)C1=C2C3OC3CC3CCC4(N=O)CC5C=CC6=C7C8C(=C1C(C75)C4(N=O)C23)C=CC12OC1C=CC1(OC61)C82. The summed E-state index contributed by atoms with van der Waals surface area (Å²) in [7, 11) is 1.53. The van der Waals surface area contributed by atoms with Gasteiger partial charge in [-0.15, -0.1) is 0 Å². The van der Waals surface area contributed by atoms with Gasteiger partial charge in [0.1, 0.15) is 40.6 Å². The molecule has 0 aromatic carbocycles. The normalized spacial score (nSPS) is 60.2. The lowest BCUT2D eigenvalue weighted by Crippen LogP contribution is -2.74. The molecule has 3 saturated heterocycles. The smallest absolute Gasteiger partial charge is 0.181 e. The number of fused-ring (bicyclic) bond motifs is 3. The molecule has 1 N–H and O–H groups in total. The van der Waals surface area contributed by atoms with Gasteiger partial charge in [-0.2, -0.15) is 9.81 Å². The van der Waals surface area contributed by atoms with Crippen LogP contribution in [-0.4, -0.2) is 65.2 Å². The zero-order chi connectivity index (χ0) is 27.7. The lowest BCUT2D eigenvalue weighted by Gasteiger charge is -2.68. The van der Waals surface area contributed by atoms with Crippen LogP contribution in [0.3, 0.4) is 0 Å². The molecule has 9 aliphatic carbocycles. The summed E-state index contributed by atoms with van der Waals surface area (Å²) in [4.78, 5) is 27.1. The largest absolute Gasteiger partial charge is 0.365 e.